The molecule has 0 bridgehead atoms. The van der Waals surface area contributed by atoms with Gasteiger partial charge >= 0.3 is 0 Å². The molecule has 2 aromatic rings. The average molecular weight is 317 g/mol. The number of anilines is 2. The lowest BCUT2D eigenvalue weighted by Crippen LogP contribution is -2.20. The third kappa shape index (κ3) is 3.31. The van der Waals surface area contributed by atoms with E-state index in [0.29, 0.717) is 11.4 Å². The van der Waals surface area contributed by atoms with E-state index in [4.69, 9.17) is 0 Å². The second-order valence-electron chi connectivity index (χ2n) is 5.57. The van der Waals surface area contributed by atoms with E-state index >= 15 is 0 Å². The van der Waals surface area contributed by atoms with Crippen LogP contribution in [0.1, 0.15) is 28.9 Å². The van der Waals surface area contributed by atoms with Gasteiger partial charge in [0.1, 0.15) is 17.5 Å². The van der Waals surface area contributed by atoms with Crippen LogP contribution in [0.25, 0.3) is 0 Å². The van der Waals surface area contributed by atoms with Gasteiger partial charge in [0.2, 0.25) is 0 Å². The summed E-state index contributed by atoms with van der Waals surface area (Å²) in [6.07, 6.45) is 2.30. The maximum absolute atomic E-state index is 13.6. The topological polar surface area (TPSA) is 45.2 Å². The first-order valence-corrected chi connectivity index (χ1v) is 7.53. The predicted molar refractivity (Wildman–Crippen MR) is 84.7 cm³/mol. The van der Waals surface area contributed by atoms with Crippen LogP contribution < -0.4 is 10.2 Å². The number of pyridine rings is 1. The van der Waals surface area contributed by atoms with Crippen molar-refractivity contribution in [2.75, 3.05) is 23.3 Å². The number of rotatable bonds is 3. The highest BCUT2D eigenvalue weighted by Gasteiger charge is 2.17. The van der Waals surface area contributed by atoms with Crippen LogP contribution in [0.3, 0.4) is 0 Å². The van der Waals surface area contributed by atoms with E-state index in [-0.39, 0.29) is 5.56 Å². The Morgan fingerprint density at radius 1 is 1.17 bits per heavy atom. The molecular weight excluding hydrogens is 300 g/mol. The van der Waals surface area contributed by atoms with Crippen molar-refractivity contribution < 1.29 is 13.6 Å². The van der Waals surface area contributed by atoms with Gasteiger partial charge in [0.05, 0.1) is 16.9 Å². The number of aromatic nitrogens is 1. The van der Waals surface area contributed by atoms with Gasteiger partial charge < -0.3 is 10.2 Å². The number of nitrogens with one attached hydrogen (secondary N) is 1. The fourth-order valence-electron chi connectivity index (χ4n) is 2.66. The molecule has 2 heterocycles. The summed E-state index contributed by atoms with van der Waals surface area (Å²) < 4.78 is 26.8. The van der Waals surface area contributed by atoms with Gasteiger partial charge in [0, 0.05) is 13.1 Å². The molecule has 0 atom stereocenters. The molecule has 1 amide bonds. The highest BCUT2D eigenvalue weighted by atomic mass is 19.1. The summed E-state index contributed by atoms with van der Waals surface area (Å²) in [4.78, 5) is 18.8. The summed E-state index contributed by atoms with van der Waals surface area (Å²) >= 11 is 0. The van der Waals surface area contributed by atoms with Crippen LogP contribution in [0.5, 0.6) is 0 Å². The first-order valence-electron chi connectivity index (χ1n) is 7.53. The maximum atomic E-state index is 13.6. The molecule has 0 aliphatic carbocycles. The number of halogens is 2. The van der Waals surface area contributed by atoms with Crippen LogP contribution >= 0.6 is 0 Å². The molecule has 1 fully saturated rings. The van der Waals surface area contributed by atoms with Gasteiger partial charge in [-0.1, -0.05) is 0 Å². The normalized spacial score (nSPS) is 14.1. The van der Waals surface area contributed by atoms with Crippen molar-refractivity contribution in [3.05, 3.63) is 53.2 Å². The first kappa shape index (κ1) is 15.4. The Hall–Kier alpha value is -2.50. The minimum absolute atomic E-state index is 0.326. The molecule has 3 rings (SSSR count). The number of amides is 1. The highest BCUT2D eigenvalue weighted by Crippen LogP contribution is 2.22. The van der Waals surface area contributed by atoms with Crippen molar-refractivity contribution in [1.82, 2.24) is 4.98 Å². The Balaban J connectivity index is 1.79. The van der Waals surface area contributed by atoms with Gasteiger partial charge in [0.15, 0.2) is 0 Å². The number of aryl methyl sites for hydroxylation is 1. The van der Waals surface area contributed by atoms with Crippen molar-refractivity contribution >= 4 is 17.4 Å². The fourth-order valence-corrected chi connectivity index (χ4v) is 2.66. The zero-order valence-corrected chi connectivity index (χ0v) is 12.8. The third-order valence-electron chi connectivity index (χ3n) is 3.92. The van der Waals surface area contributed by atoms with Crippen molar-refractivity contribution in [1.29, 1.82) is 0 Å². The van der Waals surface area contributed by atoms with Gasteiger partial charge in [0.25, 0.3) is 5.91 Å². The fraction of sp³-hybridized carbons (Fsp3) is 0.294. The Labute approximate surface area is 133 Å². The standard InChI is InChI=1S/C17H17F2N3O/c1-11-15(6-7-16(20-11)22-8-2-3-9-22)21-17(23)13-10-12(18)4-5-14(13)19/h4-7,10H,2-3,8-9H2,1H3,(H,21,23). The predicted octanol–water partition coefficient (Wildman–Crippen LogP) is 3.52. The monoisotopic (exact) mass is 317 g/mol. The summed E-state index contributed by atoms with van der Waals surface area (Å²) in [5.74, 6) is -1.24. The molecule has 1 aliphatic heterocycles. The van der Waals surface area contributed by atoms with E-state index in [1.165, 1.54) is 0 Å². The van der Waals surface area contributed by atoms with Gasteiger partial charge in [-0.05, 0) is 50.1 Å². The Morgan fingerprint density at radius 2 is 1.91 bits per heavy atom. The zero-order chi connectivity index (χ0) is 16.4. The second kappa shape index (κ2) is 6.32. The van der Waals surface area contributed by atoms with Crippen LogP contribution in [-0.2, 0) is 0 Å². The molecule has 1 aliphatic rings. The largest absolute Gasteiger partial charge is 0.357 e. The van der Waals surface area contributed by atoms with Gasteiger partial charge in [-0.2, -0.15) is 0 Å². The number of carbonyl (C=O) groups is 1. The molecule has 0 radical (unpaired) electrons. The lowest BCUT2D eigenvalue weighted by atomic mass is 10.2. The molecule has 6 heteroatoms. The number of hydrogen-bond acceptors (Lipinski definition) is 3. The van der Waals surface area contributed by atoms with Crippen LogP contribution in [0.2, 0.25) is 0 Å². The van der Waals surface area contributed by atoms with E-state index < -0.39 is 17.5 Å². The molecule has 120 valence electrons. The van der Waals surface area contributed by atoms with E-state index in [1.54, 1.807) is 13.0 Å². The Kier molecular flexibility index (Phi) is 4.23. The number of carbonyl (C=O) groups excluding carboxylic acids is 1. The van der Waals surface area contributed by atoms with Crippen LogP contribution in [0.4, 0.5) is 20.3 Å². The van der Waals surface area contributed by atoms with E-state index in [1.807, 2.05) is 6.07 Å². The minimum Gasteiger partial charge on any atom is -0.357 e. The van der Waals surface area contributed by atoms with Gasteiger partial charge in [-0.3, -0.25) is 4.79 Å². The van der Waals surface area contributed by atoms with E-state index in [2.05, 4.69) is 15.2 Å². The lowest BCUT2D eigenvalue weighted by Gasteiger charge is -2.18. The summed E-state index contributed by atoms with van der Waals surface area (Å²) in [6, 6.07) is 6.36. The summed E-state index contributed by atoms with van der Waals surface area (Å²) in [5, 5.41) is 2.59. The molecule has 1 saturated heterocycles. The summed E-state index contributed by atoms with van der Waals surface area (Å²) in [7, 11) is 0. The number of hydrogen-bond donors (Lipinski definition) is 1. The van der Waals surface area contributed by atoms with Crippen molar-refractivity contribution in [2.45, 2.75) is 19.8 Å². The second-order valence-corrected chi connectivity index (χ2v) is 5.57. The quantitative estimate of drug-likeness (QED) is 0.942. The molecule has 1 aromatic carbocycles. The van der Waals surface area contributed by atoms with Gasteiger partial charge in [-0.15, -0.1) is 0 Å². The Bertz CT molecular complexity index is 743. The smallest absolute Gasteiger partial charge is 0.258 e. The summed E-state index contributed by atoms with van der Waals surface area (Å²) in [5.41, 5.74) is 0.800. The number of benzene rings is 1. The van der Waals surface area contributed by atoms with Gasteiger partial charge in [-0.25, -0.2) is 13.8 Å². The van der Waals surface area contributed by atoms with Crippen molar-refractivity contribution in [2.24, 2.45) is 0 Å². The summed E-state index contributed by atoms with van der Waals surface area (Å²) in [6.45, 7) is 3.73. The molecule has 0 unspecified atom stereocenters. The lowest BCUT2D eigenvalue weighted by molar-refractivity contribution is 0.102. The minimum atomic E-state index is -0.761. The van der Waals surface area contributed by atoms with Crippen molar-refractivity contribution in [3.8, 4) is 0 Å². The molecule has 0 spiro atoms. The molecule has 0 saturated carbocycles. The third-order valence-corrected chi connectivity index (χ3v) is 3.92. The molecule has 4 nitrogen and oxygen atoms in total. The Morgan fingerprint density at radius 3 is 2.61 bits per heavy atom. The first-order chi connectivity index (χ1) is 11.0. The molecular formula is C17H17F2N3O. The van der Waals surface area contributed by atoms with Crippen LogP contribution in [0, 0.1) is 18.6 Å². The SMILES string of the molecule is Cc1nc(N2CCCC2)ccc1NC(=O)c1cc(F)ccc1F. The van der Waals surface area contributed by atoms with Crippen LogP contribution in [-0.4, -0.2) is 24.0 Å². The zero-order valence-electron chi connectivity index (χ0n) is 12.8. The molecule has 1 N–H and O–H groups in total. The molecule has 1 aromatic heterocycles. The highest BCUT2D eigenvalue weighted by molar-refractivity contribution is 6.04. The maximum Gasteiger partial charge on any atom is 0.258 e. The van der Waals surface area contributed by atoms with E-state index in [0.717, 1.165) is 49.9 Å². The van der Waals surface area contributed by atoms with E-state index in [9.17, 15) is 13.6 Å². The van der Waals surface area contributed by atoms with Crippen LogP contribution in [0.15, 0.2) is 30.3 Å². The van der Waals surface area contributed by atoms with Crippen molar-refractivity contribution in [3.63, 3.8) is 0 Å². The number of nitrogens with zero attached hydrogens (tertiary/aromatic N) is 2. The average Bonchev–Trinajstić information content (AvgIpc) is 3.06. The molecule has 23 heavy (non-hydrogen) atoms.